The summed E-state index contributed by atoms with van der Waals surface area (Å²) in [6, 6.07) is 45.0. The first-order chi connectivity index (χ1) is 39.7. The maximum atomic E-state index is 14.3. The summed E-state index contributed by atoms with van der Waals surface area (Å²) in [5, 5.41) is 0. The molecule has 0 saturated heterocycles. The van der Waals surface area contributed by atoms with Crippen LogP contribution in [0.1, 0.15) is 71.8 Å². The first kappa shape index (κ1) is 65.6. The van der Waals surface area contributed by atoms with Crippen LogP contribution < -0.4 is 33.1 Å². The Balaban J connectivity index is 0.000000269. The number of ether oxygens (including phenoxy) is 6. The van der Waals surface area contributed by atoms with Gasteiger partial charge in [0.1, 0.15) is 70.8 Å². The van der Waals surface area contributed by atoms with Crippen LogP contribution in [0.5, 0.6) is 46.3 Å². The maximum absolute atomic E-state index is 14.3. The van der Waals surface area contributed by atoms with E-state index in [1.807, 2.05) is 92.7 Å². The highest BCUT2D eigenvalue weighted by atomic mass is 32.2. The normalized spacial score (nSPS) is 11.5. The number of rotatable bonds is 19. The average molecular weight is 1180 g/mol. The molecule has 19 heteroatoms. The van der Waals surface area contributed by atoms with E-state index in [0.717, 1.165) is 78.1 Å². The van der Waals surface area contributed by atoms with E-state index in [9.17, 15) is 30.5 Å². The molecule has 83 heavy (non-hydrogen) atoms. The monoisotopic (exact) mass is 1180 g/mol. The minimum Gasteiger partial charge on any atom is -1.00 e. The van der Waals surface area contributed by atoms with Crippen molar-refractivity contribution in [2.75, 3.05) is 13.2 Å². The number of nitrogens with zero attached hydrogens (tertiary/aromatic N) is 2. The lowest BCUT2D eigenvalue weighted by Gasteiger charge is -2.19. The predicted molar refractivity (Wildman–Crippen MR) is 308 cm³/mol. The van der Waals surface area contributed by atoms with Crippen LogP contribution in [0.2, 0.25) is 0 Å². The van der Waals surface area contributed by atoms with E-state index in [0.29, 0.717) is 66.7 Å². The van der Waals surface area contributed by atoms with Crippen LogP contribution >= 0.6 is 11.8 Å². The third kappa shape index (κ3) is 22.2. The third-order valence-corrected chi connectivity index (χ3v) is 14.8. The summed E-state index contributed by atoms with van der Waals surface area (Å²) < 4.78 is 121. The second-order valence-electron chi connectivity index (χ2n) is 17.8. The molecule has 1 aliphatic heterocycles. The zero-order valence-corrected chi connectivity index (χ0v) is 47.4. The quantitative estimate of drug-likeness (QED) is 0.0258. The summed E-state index contributed by atoms with van der Waals surface area (Å²) in [6.45, 7) is 8.91. The highest BCUT2D eigenvalue weighted by Crippen LogP contribution is 2.49. The second kappa shape index (κ2) is 34.9. The Hall–Kier alpha value is -8.26. The minimum atomic E-state index is -3.67. The standard InChI is InChI=1S/C32H22F4NO3S2.C26H27NO3.C6H10.BF3.FH/c1-19(39-32-4-2-3-13-37-32)18-38-20-5-7-21(8-6-20)40-22-9-11-23(12-10-22)42-30-16-26(35)24(33)14-28(30)41-29-15-25(34)27(36)17-31(29)42;1-3-4-5-6-9-22-11-13-24(14-12-22)30-25-17-15-23(16-18-25)28-20-21(2)29-26-10-7-8-19-27-26;1-3-5-6-4-2;2-1(3)4;/h2-17,19H,18H2,1H3;7-8,10-19,21H,3-5,20H2,1-2H3;1H,4-6H2,2H3;;1H/q+1;;;;/p-1. The molecule has 0 radical (unpaired) electrons. The van der Waals surface area contributed by atoms with Gasteiger partial charge in [-0.2, -0.15) is 0 Å². The van der Waals surface area contributed by atoms with Gasteiger partial charge in [-0.05, 0) is 148 Å². The van der Waals surface area contributed by atoms with Crippen molar-refractivity contribution in [1.82, 2.24) is 9.97 Å². The molecule has 2 unspecified atom stereocenters. The van der Waals surface area contributed by atoms with Crippen LogP contribution in [0.25, 0.3) is 0 Å². The van der Waals surface area contributed by atoms with Gasteiger partial charge in [-0.3, -0.25) is 12.9 Å². The van der Waals surface area contributed by atoms with E-state index in [2.05, 4.69) is 41.6 Å². The molecule has 8 nitrogen and oxygen atoms in total. The van der Waals surface area contributed by atoms with Gasteiger partial charge < -0.3 is 33.1 Å². The van der Waals surface area contributed by atoms with Gasteiger partial charge in [0.2, 0.25) is 11.8 Å². The molecule has 0 saturated carbocycles. The average Bonchev–Trinajstić information content (AvgIpc) is 2.23. The summed E-state index contributed by atoms with van der Waals surface area (Å²) >= 11 is 1.09. The van der Waals surface area contributed by atoms with Crippen molar-refractivity contribution >= 4 is 30.2 Å². The fourth-order valence-electron chi connectivity index (χ4n) is 7.17. The molecule has 1 aliphatic rings. The molecular formula is C64H59BF8N2O6S2. The fraction of sp³-hybridized carbons (Fsp3) is 0.219. The number of terminal acetylenes is 1. The molecule has 3 heterocycles. The first-order valence-electron chi connectivity index (χ1n) is 26.1. The zero-order valence-electron chi connectivity index (χ0n) is 45.8. The highest BCUT2D eigenvalue weighted by molar-refractivity contribution is 8.04. The summed E-state index contributed by atoms with van der Waals surface area (Å²) in [6.07, 6.45) is 14.6. The molecule has 0 spiro atoms. The van der Waals surface area contributed by atoms with Gasteiger partial charge >= 0.3 is 7.54 Å². The number of hydrogen-bond acceptors (Lipinski definition) is 9. The van der Waals surface area contributed by atoms with Crippen LogP contribution in [-0.4, -0.2) is 42.9 Å². The first-order valence-corrected chi connectivity index (χ1v) is 28.2. The maximum Gasteiger partial charge on any atom is 0.762 e. The lowest BCUT2D eigenvalue weighted by Crippen LogP contribution is -3.00. The van der Waals surface area contributed by atoms with Gasteiger partial charge in [0.05, 0.1) is 9.79 Å². The molecule has 6 aromatic carbocycles. The Bertz CT molecular complexity index is 3250. The smallest absolute Gasteiger partial charge is 0.762 e. The van der Waals surface area contributed by atoms with Crippen molar-refractivity contribution in [1.29, 1.82) is 0 Å². The number of fused-ring (bicyclic) bond motifs is 2. The van der Waals surface area contributed by atoms with E-state index < -0.39 is 41.7 Å². The second-order valence-corrected chi connectivity index (χ2v) is 20.8. The van der Waals surface area contributed by atoms with Crippen molar-refractivity contribution in [3.05, 3.63) is 199 Å². The van der Waals surface area contributed by atoms with Gasteiger partial charge in [0.15, 0.2) is 38.0 Å². The summed E-state index contributed by atoms with van der Waals surface area (Å²) in [5.41, 5.74) is 1.00. The lowest BCUT2D eigenvalue weighted by atomic mass is 10.2. The largest absolute Gasteiger partial charge is 1.00 e. The molecule has 9 rings (SSSR count). The van der Waals surface area contributed by atoms with Crippen molar-refractivity contribution in [2.45, 2.75) is 103 Å². The molecule has 2 aromatic heterocycles. The summed E-state index contributed by atoms with van der Waals surface area (Å²) in [4.78, 5) is 10.9. The Morgan fingerprint density at radius 2 is 0.928 bits per heavy atom. The van der Waals surface area contributed by atoms with Gasteiger partial charge in [0.25, 0.3) is 0 Å². The minimum absolute atomic E-state index is 0. The number of halogens is 8. The number of benzene rings is 6. The topological polar surface area (TPSA) is 81.2 Å². The van der Waals surface area contributed by atoms with Crippen molar-refractivity contribution in [3.8, 4) is 70.4 Å². The Labute approximate surface area is 487 Å². The van der Waals surface area contributed by atoms with Gasteiger partial charge in [-0.1, -0.05) is 62.4 Å². The van der Waals surface area contributed by atoms with Gasteiger partial charge in [-0.15, -0.1) is 12.3 Å². The molecule has 0 N–H and O–H groups in total. The van der Waals surface area contributed by atoms with Crippen LogP contribution in [0.4, 0.5) is 30.5 Å². The SMILES string of the molecule is C#CCCCC.CC(COc1ccc(Oc2ccc([S+]3c4cc(F)c(F)cc4Sc4cc(F)c(F)cc43)cc2)cc1)Oc1ccccn1.CCCCC#Cc1ccc(Oc2ccc(OCC(C)Oc3ccccn3)cc2)cc1.FB(F)F.[F-]. The van der Waals surface area contributed by atoms with E-state index in [1.54, 1.807) is 67.0 Å². The van der Waals surface area contributed by atoms with Crippen molar-refractivity contribution < 1.29 is 63.6 Å². The molecule has 0 aliphatic carbocycles. The Morgan fingerprint density at radius 1 is 0.542 bits per heavy atom. The molecular weight excluding hydrogens is 1120 g/mol. The van der Waals surface area contributed by atoms with E-state index >= 15 is 0 Å². The highest BCUT2D eigenvalue weighted by Gasteiger charge is 2.40. The molecule has 432 valence electrons. The zero-order chi connectivity index (χ0) is 58.6. The van der Waals surface area contributed by atoms with Gasteiger partial charge in [0, 0.05) is 55.1 Å². The molecule has 2 atom stereocenters. The molecule has 0 bridgehead atoms. The molecule has 8 aromatic rings. The Morgan fingerprint density at radius 3 is 1.31 bits per heavy atom. The van der Waals surface area contributed by atoms with Crippen LogP contribution in [-0.2, 0) is 10.9 Å². The lowest BCUT2D eigenvalue weighted by molar-refractivity contribution is -0.0000246. The van der Waals surface area contributed by atoms with E-state index in [1.165, 1.54) is 19.3 Å². The molecule has 0 amide bonds. The number of pyridine rings is 2. The number of aromatic nitrogens is 2. The fourth-order valence-corrected chi connectivity index (χ4v) is 10.9. The van der Waals surface area contributed by atoms with Gasteiger partial charge in [-0.25, -0.2) is 27.5 Å². The van der Waals surface area contributed by atoms with E-state index in [-0.39, 0.29) is 16.9 Å². The van der Waals surface area contributed by atoms with Crippen LogP contribution in [0, 0.1) is 47.5 Å². The predicted octanol–water partition coefficient (Wildman–Crippen LogP) is 14.8. The summed E-state index contributed by atoms with van der Waals surface area (Å²) in [7, 11) is -4.66. The van der Waals surface area contributed by atoms with E-state index in [4.69, 9.17) is 34.8 Å². The molecule has 0 fully saturated rings. The number of unbranched alkanes of at least 4 members (excludes halogenated alkanes) is 4. The van der Waals surface area contributed by atoms with Crippen molar-refractivity contribution in [3.63, 3.8) is 0 Å². The van der Waals surface area contributed by atoms with Crippen LogP contribution in [0.3, 0.4) is 0 Å². The Kier molecular flexibility index (Phi) is 27.6. The third-order valence-electron chi connectivity index (χ3n) is 11.1. The van der Waals surface area contributed by atoms with Crippen molar-refractivity contribution in [2.24, 2.45) is 0 Å². The summed E-state index contributed by atoms with van der Waals surface area (Å²) in [5.74, 6) is 10.1. The number of hydrogen-bond donors (Lipinski definition) is 0. The van der Waals surface area contributed by atoms with Crippen LogP contribution in [0.15, 0.2) is 195 Å².